The maximum absolute atomic E-state index is 10.4. The number of piperidine rings is 1. The van der Waals surface area contributed by atoms with Crippen LogP contribution < -0.4 is 10.6 Å². The zero-order chi connectivity index (χ0) is 36.3. The van der Waals surface area contributed by atoms with Gasteiger partial charge in [-0.05, 0) is 64.2 Å². The van der Waals surface area contributed by atoms with Crippen molar-refractivity contribution in [3.8, 4) is 0 Å². The van der Waals surface area contributed by atoms with Crippen molar-refractivity contribution in [2.45, 2.75) is 199 Å². The number of aliphatic hydroxyl groups is 1. The van der Waals surface area contributed by atoms with Crippen molar-refractivity contribution in [1.82, 2.24) is 10.6 Å². The molecule has 0 bridgehead atoms. The summed E-state index contributed by atoms with van der Waals surface area (Å²) in [7, 11) is 0. The minimum absolute atomic E-state index is 0.0359. The van der Waals surface area contributed by atoms with Gasteiger partial charge >= 0.3 is 11.9 Å². The summed E-state index contributed by atoms with van der Waals surface area (Å²) in [6, 6.07) is 0. The third kappa shape index (κ3) is 31.5. The number of carbonyl (C=O) groups is 5. The van der Waals surface area contributed by atoms with Crippen molar-refractivity contribution >= 4 is 29.5 Å². The Balaban J connectivity index is 0.000000286. The summed E-state index contributed by atoms with van der Waals surface area (Å²) in [5.74, 6) is 0.789. The summed E-state index contributed by atoms with van der Waals surface area (Å²) in [5, 5.41) is 14.3. The monoisotopic (exact) mass is 709 g/mol. The van der Waals surface area contributed by atoms with Crippen LogP contribution in [0, 0.1) is 0 Å². The molecule has 4 aliphatic heterocycles. The summed E-state index contributed by atoms with van der Waals surface area (Å²) >= 11 is 0. The topological polar surface area (TPSA) is 148 Å². The highest BCUT2D eigenvalue weighted by Gasteiger charge is 2.10. The van der Waals surface area contributed by atoms with Crippen LogP contribution in [0.3, 0.4) is 0 Å². The molecule has 0 atom stereocenters. The van der Waals surface area contributed by atoms with E-state index in [4.69, 9.17) is 5.11 Å². The largest absolute Gasteiger partial charge is 0.466 e. The van der Waals surface area contributed by atoms with E-state index in [1.165, 1.54) is 89.9 Å². The second kappa shape index (κ2) is 33.6. The summed E-state index contributed by atoms with van der Waals surface area (Å²) in [6.45, 7) is 3.05. The van der Waals surface area contributed by atoms with Crippen molar-refractivity contribution in [2.75, 3.05) is 26.3 Å². The molecule has 4 saturated carbocycles. The van der Waals surface area contributed by atoms with Gasteiger partial charge in [-0.1, -0.05) is 89.9 Å². The normalized spacial score (nSPS) is 22.5. The van der Waals surface area contributed by atoms with E-state index in [0.29, 0.717) is 31.8 Å². The highest BCUT2D eigenvalue weighted by atomic mass is 16.5. The van der Waals surface area contributed by atoms with Crippen LogP contribution in [0.25, 0.3) is 0 Å². The lowest BCUT2D eigenvalue weighted by molar-refractivity contribution is -0.146. The lowest BCUT2D eigenvalue weighted by atomic mass is 9.98. The van der Waals surface area contributed by atoms with Gasteiger partial charge in [0.1, 0.15) is 5.78 Å². The van der Waals surface area contributed by atoms with Crippen molar-refractivity contribution in [2.24, 2.45) is 0 Å². The number of hydrogen-bond acceptors (Lipinski definition) is 8. The molecule has 0 spiro atoms. The molecule has 4 heterocycles. The van der Waals surface area contributed by atoms with Gasteiger partial charge in [0.15, 0.2) is 0 Å². The molecule has 8 rings (SSSR count). The molecule has 0 radical (unpaired) electrons. The molecule has 10 heteroatoms. The number of rotatable bonds is 0. The fourth-order valence-electron chi connectivity index (χ4n) is 6.19. The van der Waals surface area contributed by atoms with E-state index in [-0.39, 0.29) is 29.9 Å². The number of esters is 2. The number of carbonyl (C=O) groups excluding carboxylic acids is 5. The van der Waals surface area contributed by atoms with Crippen molar-refractivity contribution in [3.05, 3.63) is 0 Å². The number of ketones is 1. The van der Waals surface area contributed by atoms with Crippen LogP contribution in [0.2, 0.25) is 0 Å². The molecule has 10 nitrogen and oxygen atoms in total. The van der Waals surface area contributed by atoms with E-state index in [0.717, 1.165) is 103 Å². The van der Waals surface area contributed by atoms with Crippen molar-refractivity contribution in [3.63, 3.8) is 0 Å². The van der Waals surface area contributed by atoms with E-state index in [1.54, 1.807) is 0 Å². The molecule has 0 aromatic heterocycles. The Morgan fingerprint density at radius 2 is 0.780 bits per heavy atom. The van der Waals surface area contributed by atoms with Gasteiger partial charge < -0.3 is 25.2 Å². The lowest BCUT2D eigenvalue weighted by Crippen LogP contribution is -2.28. The molecule has 0 aromatic rings. The van der Waals surface area contributed by atoms with Crippen molar-refractivity contribution in [1.29, 1.82) is 0 Å². The number of hydrogen-bond donors (Lipinski definition) is 3. The zero-order valence-corrected chi connectivity index (χ0v) is 31.4. The van der Waals surface area contributed by atoms with Crippen LogP contribution >= 0.6 is 0 Å². The number of ether oxygens (including phenoxy) is 2. The molecule has 290 valence electrons. The molecule has 8 aliphatic rings. The van der Waals surface area contributed by atoms with E-state index in [1.807, 2.05) is 0 Å². The molecule has 2 amide bonds. The molecule has 0 unspecified atom stereocenters. The molecule has 0 aromatic carbocycles. The summed E-state index contributed by atoms with van der Waals surface area (Å²) in [6.07, 6.45) is 35.4. The number of amides is 2. The van der Waals surface area contributed by atoms with Gasteiger partial charge in [-0.15, -0.1) is 0 Å². The van der Waals surface area contributed by atoms with Gasteiger partial charge in [-0.2, -0.15) is 0 Å². The van der Waals surface area contributed by atoms with E-state index >= 15 is 0 Å². The first-order chi connectivity index (χ1) is 24.4. The van der Waals surface area contributed by atoms with Crippen LogP contribution in [0.1, 0.15) is 193 Å². The molecule has 4 saturated heterocycles. The number of Topliss-reactive ketones (excluding diaryl/α,β-unsaturated/α-hetero) is 1. The Morgan fingerprint density at radius 3 is 0.980 bits per heavy atom. The molecule has 4 aliphatic carbocycles. The average molecular weight is 709 g/mol. The first-order valence-electron chi connectivity index (χ1n) is 20.4. The molecular formula is C40H72N2O8. The van der Waals surface area contributed by atoms with E-state index in [2.05, 4.69) is 20.1 Å². The SMILES string of the molecule is C1CCCC1.C1CCCCC1.O=C1CCCC1.O=C1CCCCN1.O=C1CCCCO1.O=C1CCCN1.O=C1CCCO1.OC1CCCCC1. The summed E-state index contributed by atoms with van der Waals surface area (Å²) < 4.78 is 9.15. The second-order valence-corrected chi connectivity index (χ2v) is 14.2. The van der Waals surface area contributed by atoms with Crippen LogP contribution in [0.5, 0.6) is 0 Å². The highest BCUT2D eigenvalue weighted by Crippen LogP contribution is 2.17. The lowest BCUT2D eigenvalue weighted by Gasteiger charge is -2.14. The quantitative estimate of drug-likeness (QED) is 0.215. The first-order valence-corrected chi connectivity index (χ1v) is 20.4. The third-order valence-corrected chi connectivity index (χ3v) is 9.37. The van der Waals surface area contributed by atoms with Crippen LogP contribution in [0.4, 0.5) is 0 Å². The van der Waals surface area contributed by atoms with E-state index < -0.39 is 0 Å². The Morgan fingerprint density at radius 1 is 0.400 bits per heavy atom. The Kier molecular flexibility index (Phi) is 30.6. The highest BCUT2D eigenvalue weighted by molar-refractivity contribution is 5.80. The van der Waals surface area contributed by atoms with Gasteiger partial charge in [0.25, 0.3) is 0 Å². The zero-order valence-electron chi connectivity index (χ0n) is 31.4. The Labute approximate surface area is 303 Å². The maximum atomic E-state index is 10.4. The second-order valence-electron chi connectivity index (χ2n) is 14.2. The third-order valence-electron chi connectivity index (χ3n) is 9.37. The van der Waals surface area contributed by atoms with Gasteiger partial charge in [0.2, 0.25) is 11.8 Å². The number of cyclic esters (lactones) is 2. The molecule has 8 fully saturated rings. The minimum atomic E-state index is -0.0463. The molecule has 50 heavy (non-hydrogen) atoms. The van der Waals surface area contributed by atoms with E-state index in [9.17, 15) is 24.0 Å². The van der Waals surface area contributed by atoms with Gasteiger partial charge in [-0.3, -0.25) is 24.0 Å². The molecule has 3 N–H and O–H groups in total. The van der Waals surface area contributed by atoms with Gasteiger partial charge in [-0.25, -0.2) is 0 Å². The van der Waals surface area contributed by atoms with Crippen molar-refractivity contribution < 1.29 is 38.6 Å². The van der Waals surface area contributed by atoms with Crippen LogP contribution in [-0.4, -0.2) is 67.0 Å². The fourth-order valence-corrected chi connectivity index (χ4v) is 6.19. The standard InChI is InChI=1S/C6H12O.C6H12.C5H9NO.C5H8O2.C5H8O.C5H10.C4H7NO.C4H6O2/c7-6-4-2-1-3-5-6;1-2-4-6-5-3-1;7-5-3-1-2-4-6-5;6-5-3-1-2-4-7-5;6-5-3-1-2-4-5;1-2-4-5-3-1;6-4-2-1-3-5-4;5-4-2-1-3-6-4/h6-7H,1-5H2;1-6H2;1-4H2,(H,6,7);1-4H2;1-4H2;1-5H2;1-3H2,(H,5,6);1-3H2. The molecular weight excluding hydrogens is 636 g/mol. The van der Waals surface area contributed by atoms with Gasteiger partial charge in [0, 0.05) is 51.6 Å². The Hall–Kier alpha value is -2.49. The summed E-state index contributed by atoms with van der Waals surface area (Å²) in [4.78, 5) is 51.0. The van der Waals surface area contributed by atoms with Gasteiger partial charge in [0.05, 0.1) is 19.3 Å². The number of nitrogens with one attached hydrogen (secondary N) is 2. The number of aliphatic hydroxyl groups excluding tert-OH is 1. The minimum Gasteiger partial charge on any atom is -0.466 e. The predicted octanol–water partition coefficient (Wildman–Crippen LogP) is 7.95. The van der Waals surface area contributed by atoms with Crippen LogP contribution in [0.15, 0.2) is 0 Å². The fraction of sp³-hybridized carbons (Fsp3) is 0.875. The van der Waals surface area contributed by atoms with Crippen LogP contribution in [-0.2, 0) is 33.4 Å². The Bertz CT molecular complexity index is 754. The average Bonchev–Trinajstić information content (AvgIpc) is 4.01. The maximum Gasteiger partial charge on any atom is 0.305 e. The first kappa shape index (κ1) is 45.5. The smallest absolute Gasteiger partial charge is 0.305 e. The predicted molar refractivity (Wildman–Crippen MR) is 197 cm³/mol. The summed E-state index contributed by atoms with van der Waals surface area (Å²) in [5.41, 5.74) is 0.